The lowest BCUT2D eigenvalue weighted by atomic mass is 10.1. The predicted molar refractivity (Wildman–Crippen MR) is 74.7 cm³/mol. The highest BCUT2D eigenvalue weighted by Crippen LogP contribution is 2.22. The number of carbonyl (C=O) groups excluding carboxylic acids is 1. The molecule has 2 rings (SSSR count). The van der Waals surface area contributed by atoms with Gasteiger partial charge in [-0.25, -0.2) is 0 Å². The molecule has 18 heavy (non-hydrogen) atoms. The van der Waals surface area contributed by atoms with Crippen molar-refractivity contribution in [1.82, 2.24) is 0 Å². The molecule has 0 N–H and O–H groups in total. The van der Waals surface area contributed by atoms with Crippen LogP contribution in [0.1, 0.15) is 21.9 Å². The SMILES string of the molecule is COCc1ccc(C(=O)c2cc(Br)cc(Br)c2)o1. The summed E-state index contributed by atoms with van der Waals surface area (Å²) in [5.41, 5.74) is 0.564. The van der Waals surface area contributed by atoms with E-state index in [-0.39, 0.29) is 5.78 Å². The minimum absolute atomic E-state index is 0.153. The number of rotatable bonds is 4. The van der Waals surface area contributed by atoms with E-state index in [0.717, 1.165) is 8.95 Å². The highest BCUT2D eigenvalue weighted by molar-refractivity contribution is 9.11. The maximum Gasteiger partial charge on any atom is 0.228 e. The third kappa shape index (κ3) is 3.10. The van der Waals surface area contributed by atoms with E-state index in [9.17, 15) is 4.79 Å². The molecule has 0 saturated heterocycles. The number of carbonyl (C=O) groups is 1. The number of ketones is 1. The van der Waals surface area contributed by atoms with Crippen molar-refractivity contribution in [2.45, 2.75) is 6.61 Å². The quantitative estimate of drug-likeness (QED) is 0.754. The summed E-state index contributed by atoms with van der Waals surface area (Å²) >= 11 is 6.70. The maximum absolute atomic E-state index is 12.2. The topological polar surface area (TPSA) is 39.4 Å². The van der Waals surface area contributed by atoms with Gasteiger partial charge in [-0.2, -0.15) is 0 Å². The Hall–Kier alpha value is -0.910. The molecule has 0 atom stereocenters. The largest absolute Gasteiger partial charge is 0.455 e. The molecule has 0 radical (unpaired) electrons. The molecule has 3 nitrogen and oxygen atoms in total. The number of hydrogen-bond donors (Lipinski definition) is 0. The zero-order valence-corrected chi connectivity index (χ0v) is 12.7. The van der Waals surface area contributed by atoms with E-state index in [1.807, 2.05) is 6.07 Å². The highest BCUT2D eigenvalue weighted by atomic mass is 79.9. The first-order valence-electron chi connectivity index (χ1n) is 5.18. The van der Waals surface area contributed by atoms with Crippen LogP contribution in [0.2, 0.25) is 0 Å². The van der Waals surface area contributed by atoms with Gasteiger partial charge in [0.15, 0.2) is 5.76 Å². The molecule has 0 saturated carbocycles. The Labute approximate surface area is 121 Å². The summed E-state index contributed by atoms with van der Waals surface area (Å²) in [4.78, 5) is 12.2. The molecule has 0 fully saturated rings. The molecule has 0 bridgehead atoms. The fourth-order valence-electron chi connectivity index (χ4n) is 1.55. The summed E-state index contributed by atoms with van der Waals surface area (Å²) in [6.07, 6.45) is 0. The van der Waals surface area contributed by atoms with Crippen molar-refractivity contribution in [3.05, 3.63) is 56.4 Å². The standard InChI is InChI=1S/C13H10Br2O3/c1-17-7-11-2-3-12(18-11)13(16)8-4-9(14)6-10(15)5-8/h2-6H,7H2,1H3. The van der Waals surface area contributed by atoms with Crippen LogP contribution in [0.3, 0.4) is 0 Å². The third-order valence-corrected chi connectivity index (χ3v) is 3.21. The van der Waals surface area contributed by atoms with Crippen LogP contribution in [0.4, 0.5) is 0 Å². The third-order valence-electron chi connectivity index (χ3n) is 2.30. The molecule has 0 aliphatic heterocycles. The first kappa shape index (κ1) is 13.5. The molecule has 2 aromatic rings. The van der Waals surface area contributed by atoms with Gasteiger partial charge >= 0.3 is 0 Å². The van der Waals surface area contributed by atoms with E-state index < -0.39 is 0 Å². The van der Waals surface area contributed by atoms with Crippen LogP contribution in [0.15, 0.2) is 43.7 Å². The summed E-state index contributed by atoms with van der Waals surface area (Å²) in [6.45, 7) is 0.357. The summed E-state index contributed by atoms with van der Waals surface area (Å²) in [7, 11) is 1.58. The lowest BCUT2D eigenvalue weighted by Gasteiger charge is -2.00. The van der Waals surface area contributed by atoms with E-state index >= 15 is 0 Å². The van der Waals surface area contributed by atoms with Crippen molar-refractivity contribution < 1.29 is 13.9 Å². The van der Waals surface area contributed by atoms with Gasteiger partial charge in [0.25, 0.3) is 0 Å². The van der Waals surface area contributed by atoms with Gasteiger partial charge in [0.2, 0.25) is 5.78 Å². The monoisotopic (exact) mass is 372 g/mol. The van der Waals surface area contributed by atoms with Gasteiger partial charge < -0.3 is 9.15 Å². The van der Waals surface area contributed by atoms with Crippen molar-refractivity contribution in [1.29, 1.82) is 0 Å². The Morgan fingerprint density at radius 2 is 1.89 bits per heavy atom. The second-order valence-corrected chi connectivity index (χ2v) is 5.52. The summed E-state index contributed by atoms with van der Waals surface area (Å²) in [6, 6.07) is 8.78. The van der Waals surface area contributed by atoms with Gasteiger partial charge in [0.1, 0.15) is 12.4 Å². The molecule has 1 aromatic carbocycles. The zero-order valence-electron chi connectivity index (χ0n) is 9.57. The van der Waals surface area contributed by atoms with Crippen molar-refractivity contribution >= 4 is 37.6 Å². The Balaban J connectivity index is 2.29. The number of ether oxygens (including phenoxy) is 1. The van der Waals surface area contributed by atoms with Gasteiger partial charge in [-0.15, -0.1) is 0 Å². The van der Waals surface area contributed by atoms with Crippen molar-refractivity contribution in [3.63, 3.8) is 0 Å². The van der Waals surface area contributed by atoms with Crippen molar-refractivity contribution in [2.24, 2.45) is 0 Å². The van der Waals surface area contributed by atoms with E-state index in [4.69, 9.17) is 9.15 Å². The van der Waals surface area contributed by atoms with Crippen LogP contribution in [0.25, 0.3) is 0 Å². The minimum Gasteiger partial charge on any atom is -0.455 e. The summed E-state index contributed by atoms with van der Waals surface area (Å²) in [5.74, 6) is 0.793. The Morgan fingerprint density at radius 3 is 2.50 bits per heavy atom. The number of benzene rings is 1. The molecule has 0 unspecified atom stereocenters. The lowest BCUT2D eigenvalue weighted by Crippen LogP contribution is -1.99. The van der Waals surface area contributed by atoms with Crippen LogP contribution in [-0.2, 0) is 11.3 Å². The van der Waals surface area contributed by atoms with Crippen molar-refractivity contribution in [2.75, 3.05) is 7.11 Å². The first-order valence-corrected chi connectivity index (χ1v) is 6.77. The van der Waals surface area contributed by atoms with Gasteiger partial charge in [0.05, 0.1) is 0 Å². The molecule has 0 amide bonds. The van der Waals surface area contributed by atoms with Gasteiger partial charge in [-0.1, -0.05) is 31.9 Å². The summed E-state index contributed by atoms with van der Waals surface area (Å²) < 4.78 is 12.0. The lowest BCUT2D eigenvalue weighted by molar-refractivity contribution is 0.0999. The molecule has 0 aliphatic rings. The molecule has 0 spiro atoms. The fraction of sp³-hybridized carbons (Fsp3) is 0.154. The van der Waals surface area contributed by atoms with E-state index in [1.165, 1.54) is 0 Å². The smallest absolute Gasteiger partial charge is 0.228 e. The number of furan rings is 1. The van der Waals surface area contributed by atoms with Crippen LogP contribution in [0, 0.1) is 0 Å². The minimum atomic E-state index is -0.153. The van der Waals surface area contributed by atoms with Crippen LogP contribution >= 0.6 is 31.9 Å². The van der Waals surface area contributed by atoms with Crippen LogP contribution in [0.5, 0.6) is 0 Å². The molecule has 1 aromatic heterocycles. The summed E-state index contributed by atoms with van der Waals surface area (Å²) in [5, 5.41) is 0. The van der Waals surface area contributed by atoms with E-state index in [2.05, 4.69) is 31.9 Å². The predicted octanol–water partition coefficient (Wildman–Crippen LogP) is 4.18. The Bertz CT molecular complexity index is 555. The second kappa shape index (κ2) is 5.82. The average Bonchev–Trinajstić information content (AvgIpc) is 2.76. The van der Waals surface area contributed by atoms with Gasteiger partial charge in [-0.3, -0.25) is 4.79 Å². The number of methoxy groups -OCH3 is 1. The first-order chi connectivity index (χ1) is 8.60. The number of halogens is 2. The van der Waals surface area contributed by atoms with E-state index in [0.29, 0.717) is 23.7 Å². The maximum atomic E-state index is 12.2. The molecule has 0 aliphatic carbocycles. The van der Waals surface area contributed by atoms with Crippen LogP contribution < -0.4 is 0 Å². The molecular weight excluding hydrogens is 364 g/mol. The zero-order chi connectivity index (χ0) is 13.1. The van der Waals surface area contributed by atoms with Crippen LogP contribution in [-0.4, -0.2) is 12.9 Å². The average molecular weight is 374 g/mol. The molecule has 94 valence electrons. The molecule has 1 heterocycles. The Morgan fingerprint density at radius 1 is 1.22 bits per heavy atom. The molecular formula is C13H10Br2O3. The fourth-order valence-corrected chi connectivity index (χ4v) is 2.84. The molecule has 5 heteroatoms. The van der Waals surface area contributed by atoms with Crippen molar-refractivity contribution in [3.8, 4) is 0 Å². The van der Waals surface area contributed by atoms with Gasteiger partial charge in [-0.05, 0) is 30.3 Å². The Kier molecular flexibility index (Phi) is 4.37. The highest BCUT2D eigenvalue weighted by Gasteiger charge is 2.14. The van der Waals surface area contributed by atoms with E-state index in [1.54, 1.807) is 31.4 Å². The number of hydrogen-bond acceptors (Lipinski definition) is 3. The normalized spacial score (nSPS) is 10.6. The van der Waals surface area contributed by atoms with Gasteiger partial charge in [0, 0.05) is 21.6 Å². The second-order valence-electron chi connectivity index (χ2n) is 3.69.